The van der Waals surface area contributed by atoms with Gasteiger partial charge in [-0.25, -0.2) is 0 Å². The SMILES string of the molecule is C=C(Br)CNCc1cc(Br)c(OC)c(Br)c1. The van der Waals surface area contributed by atoms with Crippen molar-refractivity contribution in [3.8, 4) is 5.75 Å². The smallest absolute Gasteiger partial charge is 0.147 e. The summed E-state index contributed by atoms with van der Waals surface area (Å²) < 4.78 is 8.07. The van der Waals surface area contributed by atoms with Crippen LogP contribution in [0.25, 0.3) is 0 Å². The van der Waals surface area contributed by atoms with Crippen LogP contribution in [0.1, 0.15) is 5.56 Å². The minimum absolute atomic E-state index is 0.751. The molecule has 16 heavy (non-hydrogen) atoms. The van der Waals surface area contributed by atoms with Gasteiger partial charge in [0.1, 0.15) is 5.75 Å². The zero-order chi connectivity index (χ0) is 12.1. The number of benzene rings is 1. The fourth-order valence-electron chi connectivity index (χ4n) is 1.25. The lowest BCUT2D eigenvalue weighted by molar-refractivity contribution is 0.409. The Morgan fingerprint density at radius 3 is 2.38 bits per heavy atom. The molecule has 0 saturated heterocycles. The van der Waals surface area contributed by atoms with Crippen molar-refractivity contribution in [3.63, 3.8) is 0 Å². The molecule has 0 atom stereocenters. The molecule has 0 spiro atoms. The third-order valence-corrected chi connectivity index (χ3v) is 3.37. The minimum Gasteiger partial charge on any atom is -0.494 e. The molecule has 1 aromatic rings. The molecule has 1 N–H and O–H groups in total. The van der Waals surface area contributed by atoms with Crippen LogP contribution in [-0.4, -0.2) is 13.7 Å². The number of rotatable bonds is 5. The van der Waals surface area contributed by atoms with Gasteiger partial charge in [-0.15, -0.1) is 0 Å². The average molecular weight is 414 g/mol. The number of nitrogens with one attached hydrogen (secondary N) is 1. The molecular weight excluding hydrogens is 402 g/mol. The first-order valence-electron chi connectivity index (χ1n) is 4.60. The van der Waals surface area contributed by atoms with Gasteiger partial charge in [-0.3, -0.25) is 0 Å². The van der Waals surface area contributed by atoms with E-state index < -0.39 is 0 Å². The number of hydrogen-bond acceptors (Lipinski definition) is 2. The van der Waals surface area contributed by atoms with Crippen molar-refractivity contribution >= 4 is 47.8 Å². The number of ether oxygens (including phenoxy) is 1. The molecule has 1 rings (SSSR count). The molecule has 0 aliphatic rings. The van der Waals surface area contributed by atoms with Crippen LogP contribution < -0.4 is 10.1 Å². The van der Waals surface area contributed by atoms with E-state index in [1.165, 1.54) is 5.56 Å². The third kappa shape index (κ3) is 4.20. The molecule has 0 saturated carbocycles. The van der Waals surface area contributed by atoms with Gasteiger partial charge in [0, 0.05) is 17.6 Å². The van der Waals surface area contributed by atoms with Crippen molar-refractivity contribution in [1.29, 1.82) is 0 Å². The highest BCUT2D eigenvalue weighted by Crippen LogP contribution is 2.34. The van der Waals surface area contributed by atoms with Gasteiger partial charge in [0.15, 0.2) is 0 Å². The Morgan fingerprint density at radius 1 is 1.38 bits per heavy atom. The third-order valence-electron chi connectivity index (χ3n) is 1.91. The second-order valence-corrected chi connectivity index (χ2v) is 6.04. The van der Waals surface area contributed by atoms with Gasteiger partial charge in [0.05, 0.1) is 16.1 Å². The number of halogens is 3. The maximum Gasteiger partial charge on any atom is 0.147 e. The van der Waals surface area contributed by atoms with Crippen molar-refractivity contribution < 1.29 is 4.74 Å². The normalized spacial score (nSPS) is 10.2. The molecule has 0 radical (unpaired) electrons. The number of methoxy groups -OCH3 is 1. The first-order chi connectivity index (χ1) is 7.54. The largest absolute Gasteiger partial charge is 0.494 e. The zero-order valence-electron chi connectivity index (χ0n) is 8.82. The summed E-state index contributed by atoms with van der Waals surface area (Å²) in [6.45, 7) is 5.30. The van der Waals surface area contributed by atoms with Crippen LogP contribution in [0.3, 0.4) is 0 Å². The lowest BCUT2D eigenvalue weighted by Gasteiger charge is -2.09. The van der Waals surface area contributed by atoms with Gasteiger partial charge in [0.2, 0.25) is 0 Å². The van der Waals surface area contributed by atoms with Crippen LogP contribution >= 0.6 is 47.8 Å². The second kappa shape index (κ2) is 6.79. The maximum atomic E-state index is 5.24. The molecule has 0 aliphatic carbocycles. The van der Waals surface area contributed by atoms with Crippen LogP contribution in [-0.2, 0) is 6.54 Å². The van der Waals surface area contributed by atoms with Crippen molar-refractivity contribution in [3.05, 3.63) is 37.7 Å². The molecule has 2 nitrogen and oxygen atoms in total. The summed E-state index contributed by atoms with van der Waals surface area (Å²) in [6.07, 6.45) is 0. The molecule has 0 fully saturated rings. The molecule has 1 aromatic carbocycles. The van der Waals surface area contributed by atoms with E-state index in [0.29, 0.717) is 0 Å². The first-order valence-corrected chi connectivity index (χ1v) is 6.98. The fourth-order valence-corrected chi connectivity index (χ4v) is 3.06. The average Bonchev–Trinajstić information content (AvgIpc) is 2.16. The van der Waals surface area contributed by atoms with Crippen molar-refractivity contribution in [2.75, 3.05) is 13.7 Å². The zero-order valence-corrected chi connectivity index (χ0v) is 13.6. The van der Waals surface area contributed by atoms with E-state index >= 15 is 0 Å². The summed E-state index contributed by atoms with van der Waals surface area (Å²) in [4.78, 5) is 0. The number of hydrogen-bond donors (Lipinski definition) is 1. The van der Waals surface area contributed by atoms with Gasteiger partial charge in [-0.2, -0.15) is 0 Å². The molecule has 0 amide bonds. The summed E-state index contributed by atoms with van der Waals surface area (Å²) in [6, 6.07) is 4.07. The summed E-state index contributed by atoms with van der Waals surface area (Å²) in [7, 11) is 1.65. The summed E-state index contributed by atoms with van der Waals surface area (Å²) >= 11 is 10.2. The Labute approximate surface area is 121 Å². The Morgan fingerprint density at radius 2 is 1.94 bits per heavy atom. The topological polar surface area (TPSA) is 21.3 Å². The molecule has 0 aromatic heterocycles. The highest BCUT2D eigenvalue weighted by Gasteiger charge is 2.07. The standard InChI is InChI=1S/C11H12Br3NO/c1-7(12)5-15-6-8-3-9(13)11(16-2)10(14)4-8/h3-4,15H,1,5-6H2,2H3. The van der Waals surface area contributed by atoms with E-state index in [1.807, 2.05) is 12.1 Å². The molecule has 0 unspecified atom stereocenters. The quantitative estimate of drug-likeness (QED) is 0.780. The summed E-state index contributed by atoms with van der Waals surface area (Å²) in [5.41, 5.74) is 1.17. The molecule has 0 bridgehead atoms. The Hall–Kier alpha value is 0.160. The van der Waals surface area contributed by atoms with E-state index in [1.54, 1.807) is 7.11 Å². The van der Waals surface area contributed by atoms with E-state index in [2.05, 4.69) is 59.7 Å². The van der Waals surface area contributed by atoms with Gasteiger partial charge in [-0.05, 0) is 49.6 Å². The molecular formula is C11H12Br3NO. The first kappa shape index (κ1) is 14.2. The van der Waals surface area contributed by atoms with Gasteiger partial charge >= 0.3 is 0 Å². The van der Waals surface area contributed by atoms with Crippen LogP contribution in [0, 0.1) is 0 Å². The van der Waals surface area contributed by atoms with E-state index in [0.717, 1.165) is 32.3 Å². The summed E-state index contributed by atoms with van der Waals surface area (Å²) in [5.74, 6) is 0.814. The highest BCUT2D eigenvalue weighted by molar-refractivity contribution is 9.11. The lowest BCUT2D eigenvalue weighted by atomic mass is 10.2. The van der Waals surface area contributed by atoms with E-state index in [-0.39, 0.29) is 0 Å². The van der Waals surface area contributed by atoms with Crippen LogP contribution in [0.4, 0.5) is 0 Å². The Balaban J connectivity index is 2.72. The van der Waals surface area contributed by atoms with Crippen LogP contribution in [0.15, 0.2) is 32.1 Å². The monoisotopic (exact) mass is 411 g/mol. The van der Waals surface area contributed by atoms with E-state index in [4.69, 9.17) is 4.74 Å². The predicted molar refractivity (Wildman–Crippen MR) is 78.2 cm³/mol. The van der Waals surface area contributed by atoms with Crippen LogP contribution in [0.5, 0.6) is 5.75 Å². The Kier molecular flexibility index (Phi) is 6.03. The molecule has 0 heterocycles. The van der Waals surface area contributed by atoms with Gasteiger partial charge in [0.25, 0.3) is 0 Å². The van der Waals surface area contributed by atoms with Crippen molar-refractivity contribution in [2.24, 2.45) is 0 Å². The Bertz CT molecular complexity index is 370. The highest BCUT2D eigenvalue weighted by atomic mass is 79.9. The summed E-state index contributed by atoms with van der Waals surface area (Å²) in [5, 5.41) is 3.26. The second-order valence-electron chi connectivity index (χ2n) is 3.21. The molecule has 5 heteroatoms. The van der Waals surface area contributed by atoms with Crippen molar-refractivity contribution in [2.45, 2.75) is 6.54 Å². The lowest BCUT2D eigenvalue weighted by Crippen LogP contribution is -2.14. The predicted octanol–water partition coefficient (Wildman–Crippen LogP) is 4.22. The maximum absolute atomic E-state index is 5.24. The minimum atomic E-state index is 0.751. The van der Waals surface area contributed by atoms with Crippen LogP contribution in [0.2, 0.25) is 0 Å². The molecule has 0 aliphatic heterocycles. The fraction of sp³-hybridized carbons (Fsp3) is 0.273. The van der Waals surface area contributed by atoms with Gasteiger partial charge in [-0.1, -0.05) is 22.5 Å². The van der Waals surface area contributed by atoms with Crippen molar-refractivity contribution in [1.82, 2.24) is 5.32 Å². The van der Waals surface area contributed by atoms with Gasteiger partial charge < -0.3 is 10.1 Å². The molecule has 88 valence electrons. The van der Waals surface area contributed by atoms with E-state index in [9.17, 15) is 0 Å².